The molecular formula is C26H29N5O4. The lowest BCUT2D eigenvalue weighted by Crippen LogP contribution is -2.46. The maximum absolute atomic E-state index is 14.0. The number of benzene rings is 2. The van der Waals surface area contributed by atoms with E-state index in [-0.39, 0.29) is 18.4 Å². The van der Waals surface area contributed by atoms with E-state index < -0.39 is 6.04 Å². The van der Waals surface area contributed by atoms with Crippen molar-refractivity contribution in [3.05, 3.63) is 77.2 Å². The molecule has 0 spiro atoms. The fourth-order valence-electron chi connectivity index (χ4n) is 4.00. The Labute approximate surface area is 203 Å². The van der Waals surface area contributed by atoms with E-state index in [1.165, 1.54) is 4.90 Å². The molecule has 0 aliphatic carbocycles. The van der Waals surface area contributed by atoms with E-state index in [4.69, 9.17) is 9.15 Å². The number of furan rings is 1. The zero-order valence-electron chi connectivity index (χ0n) is 20.3. The van der Waals surface area contributed by atoms with Crippen LogP contribution in [0.3, 0.4) is 0 Å². The lowest BCUT2D eigenvalue weighted by molar-refractivity contribution is -0.127. The smallest absolute Gasteiger partial charge is 0.251 e. The Kier molecular flexibility index (Phi) is 7.26. The Morgan fingerprint density at radius 3 is 2.63 bits per heavy atom. The lowest BCUT2D eigenvalue weighted by Gasteiger charge is -2.31. The second-order valence-corrected chi connectivity index (χ2v) is 8.35. The number of methoxy groups -OCH3 is 1. The number of hydrogen-bond acceptors (Lipinski definition) is 6. The first-order chi connectivity index (χ1) is 16.9. The minimum absolute atomic E-state index is 0.102. The Morgan fingerprint density at radius 1 is 1.09 bits per heavy atom. The van der Waals surface area contributed by atoms with Gasteiger partial charge >= 0.3 is 0 Å². The number of fused-ring (bicyclic) bond motifs is 1. The van der Waals surface area contributed by atoms with Crippen LogP contribution in [0.25, 0.3) is 11.0 Å². The summed E-state index contributed by atoms with van der Waals surface area (Å²) in [5, 5.41) is 11.2. The van der Waals surface area contributed by atoms with Crippen LogP contribution in [0.15, 0.2) is 59.0 Å². The molecule has 0 unspecified atom stereocenters. The topological polar surface area (TPSA) is 102 Å². The van der Waals surface area contributed by atoms with Crippen LogP contribution in [0.1, 0.15) is 28.7 Å². The summed E-state index contributed by atoms with van der Waals surface area (Å²) in [6.07, 6.45) is 0. The predicted molar refractivity (Wildman–Crippen MR) is 132 cm³/mol. The van der Waals surface area contributed by atoms with Crippen molar-refractivity contribution in [3.8, 4) is 0 Å². The Bertz CT molecular complexity index is 1340. The minimum Gasteiger partial charge on any atom is -0.464 e. The van der Waals surface area contributed by atoms with Gasteiger partial charge in [0.25, 0.3) is 5.91 Å². The lowest BCUT2D eigenvalue weighted by atomic mass is 10.0. The van der Waals surface area contributed by atoms with Gasteiger partial charge in [-0.3, -0.25) is 14.5 Å². The molecule has 2 amide bonds. The number of para-hydroxylation sites is 1. The summed E-state index contributed by atoms with van der Waals surface area (Å²) in [4.78, 5) is 29.0. The van der Waals surface area contributed by atoms with Gasteiger partial charge < -0.3 is 14.5 Å². The number of aryl methyl sites for hydroxylation is 2. The number of hydrogen-bond donors (Lipinski definition) is 1. The molecule has 9 nitrogen and oxygen atoms in total. The maximum atomic E-state index is 14.0. The van der Waals surface area contributed by atoms with Crippen LogP contribution >= 0.6 is 0 Å². The second-order valence-electron chi connectivity index (χ2n) is 8.35. The molecule has 9 heteroatoms. The van der Waals surface area contributed by atoms with E-state index in [1.807, 2.05) is 56.3 Å². The molecule has 2 aromatic carbocycles. The monoisotopic (exact) mass is 475 g/mol. The van der Waals surface area contributed by atoms with Gasteiger partial charge in [-0.1, -0.05) is 29.5 Å². The molecule has 0 radical (unpaired) electrons. The van der Waals surface area contributed by atoms with Crippen molar-refractivity contribution in [1.82, 2.24) is 20.3 Å². The first kappa shape index (κ1) is 24.2. The number of aromatic nitrogens is 3. The van der Waals surface area contributed by atoms with Crippen LogP contribution in [-0.4, -0.2) is 47.1 Å². The molecule has 35 heavy (non-hydrogen) atoms. The van der Waals surface area contributed by atoms with Gasteiger partial charge in [0.05, 0.1) is 12.1 Å². The van der Waals surface area contributed by atoms with Crippen molar-refractivity contribution in [2.75, 3.05) is 25.2 Å². The highest BCUT2D eigenvalue weighted by Gasteiger charge is 2.36. The zero-order valence-corrected chi connectivity index (χ0v) is 20.3. The molecule has 4 rings (SSSR count). The van der Waals surface area contributed by atoms with Gasteiger partial charge in [0.1, 0.15) is 23.6 Å². The van der Waals surface area contributed by atoms with Crippen LogP contribution in [0, 0.1) is 20.8 Å². The number of carbonyl (C=O) groups excluding carboxylic acids is 2. The maximum Gasteiger partial charge on any atom is 0.251 e. The van der Waals surface area contributed by atoms with Crippen LogP contribution in [0.5, 0.6) is 0 Å². The van der Waals surface area contributed by atoms with Crippen molar-refractivity contribution in [3.63, 3.8) is 0 Å². The van der Waals surface area contributed by atoms with E-state index in [1.54, 1.807) is 30.8 Å². The van der Waals surface area contributed by atoms with Crippen molar-refractivity contribution in [2.24, 2.45) is 0 Å². The van der Waals surface area contributed by atoms with Gasteiger partial charge in [-0.25, -0.2) is 4.68 Å². The molecule has 182 valence electrons. The molecule has 0 saturated heterocycles. The summed E-state index contributed by atoms with van der Waals surface area (Å²) >= 11 is 0. The summed E-state index contributed by atoms with van der Waals surface area (Å²) in [7, 11) is 1.56. The molecule has 0 bridgehead atoms. The van der Waals surface area contributed by atoms with Crippen molar-refractivity contribution < 1.29 is 18.7 Å². The van der Waals surface area contributed by atoms with Gasteiger partial charge in [-0.05, 0) is 62.2 Å². The van der Waals surface area contributed by atoms with E-state index in [0.717, 1.165) is 16.6 Å². The van der Waals surface area contributed by atoms with Crippen molar-refractivity contribution in [1.29, 1.82) is 0 Å². The summed E-state index contributed by atoms with van der Waals surface area (Å²) in [6.45, 7) is 6.25. The molecule has 2 heterocycles. The second kappa shape index (κ2) is 10.5. The van der Waals surface area contributed by atoms with Crippen LogP contribution in [-0.2, 0) is 20.9 Å². The van der Waals surface area contributed by atoms with Crippen molar-refractivity contribution in [2.45, 2.75) is 33.4 Å². The van der Waals surface area contributed by atoms with E-state index >= 15 is 0 Å². The highest BCUT2D eigenvalue weighted by Crippen LogP contribution is 2.33. The highest BCUT2D eigenvalue weighted by molar-refractivity contribution is 6.02. The molecule has 0 aliphatic heterocycles. The standard InChI is InChI=1S/C26H29N5O4/c1-17-8-7-11-21(19(17)3)31(24(32)16-30-22-10-6-5-9-20(22)28-29-30)25(23-13-12-18(2)35-23)26(33)27-14-15-34-4/h5-13,25H,14-16H2,1-4H3,(H,27,33)/t25-/m1/s1. The molecule has 1 N–H and O–H groups in total. The Hall–Kier alpha value is -3.98. The highest BCUT2D eigenvalue weighted by atomic mass is 16.5. The minimum atomic E-state index is -1.02. The number of anilines is 1. The molecule has 0 fully saturated rings. The van der Waals surface area contributed by atoms with E-state index in [2.05, 4.69) is 15.6 Å². The fourth-order valence-corrected chi connectivity index (χ4v) is 4.00. The normalized spacial score (nSPS) is 12.0. The predicted octanol–water partition coefficient (Wildman–Crippen LogP) is 3.49. The SMILES string of the molecule is COCCNC(=O)[C@@H](c1ccc(C)o1)N(C(=O)Cn1nnc2ccccc21)c1cccc(C)c1C. The summed E-state index contributed by atoms with van der Waals surface area (Å²) in [5.41, 5.74) is 3.94. The number of carbonyl (C=O) groups is 2. The molecule has 2 aromatic heterocycles. The zero-order chi connectivity index (χ0) is 24.9. The third-order valence-corrected chi connectivity index (χ3v) is 5.95. The summed E-state index contributed by atoms with van der Waals surface area (Å²) in [6, 6.07) is 15.6. The number of nitrogens with zero attached hydrogens (tertiary/aromatic N) is 4. The number of ether oxygens (including phenoxy) is 1. The quantitative estimate of drug-likeness (QED) is 0.372. The first-order valence-corrected chi connectivity index (χ1v) is 11.4. The van der Waals surface area contributed by atoms with Crippen LogP contribution in [0.2, 0.25) is 0 Å². The molecular weight excluding hydrogens is 446 g/mol. The van der Waals surface area contributed by atoms with Crippen molar-refractivity contribution >= 4 is 28.5 Å². The van der Waals surface area contributed by atoms with Gasteiger partial charge in [0.2, 0.25) is 5.91 Å². The van der Waals surface area contributed by atoms with E-state index in [9.17, 15) is 9.59 Å². The van der Waals surface area contributed by atoms with Gasteiger partial charge in [-0.15, -0.1) is 5.10 Å². The van der Waals surface area contributed by atoms with Gasteiger partial charge in [0.15, 0.2) is 6.04 Å². The molecule has 0 aliphatic rings. The van der Waals surface area contributed by atoms with Gasteiger partial charge in [-0.2, -0.15) is 0 Å². The molecule has 4 aromatic rings. The third-order valence-electron chi connectivity index (χ3n) is 5.95. The van der Waals surface area contributed by atoms with Gasteiger partial charge in [0, 0.05) is 19.3 Å². The fraction of sp³-hybridized carbons (Fsp3) is 0.308. The molecule has 0 saturated carbocycles. The largest absolute Gasteiger partial charge is 0.464 e. The average Bonchev–Trinajstić information content (AvgIpc) is 3.45. The average molecular weight is 476 g/mol. The van der Waals surface area contributed by atoms with Crippen LogP contribution < -0.4 is 10.2 Å². The third kappa shape index (κ3) is 5.09. The summed E-state index contributed by atoms with van der Waals surface area (Å²) < 4.78 is 12.5. The van der Waals surface area contributed by atoms with Crippen LogP contribution in [0.4, 0.5) is 5.69 Å². The first-order valence-electron chi connectivity index (χ1n) is 11.4. The van der Waals surface area contributed by atoms with E-state index in [0.29, 0.717) is 35.9 Å². The Balaban J connectivity index is 1.80. The number of nitrogens with one attached hydrogen (secondary N) is 1. The number of rotatable bonds is 9. The Morgan fingerprint density at radius 2 is 1.89 bits per heavy atom. The molecule has 1 atom stereocenters. The summed E-state index contributed by atoms with van der Waals surface area (Å²) in [5.74, 6) is 0.324. The number of amides is 2.